The van der Waals surface area contributed by atoms with Crippen LogP contribution in [-0.2, 0) is 9.53 Å². The maximum absolute atomic E-state index is 11.4. The monoisotopic (exact) mass is 256 g/mol. The number of hydrogen-bond donors (Lipinski definition) is 2. The third-order valence-corrected chi connectivity index (χ3v) is 2.02. The minimum atomic E-state index is -1.10. The van der Waals surface area contributed by atoms with Crippen LogP contribution < -0.4 is 5.32 Å². The fourth-order valence-corrected chi connectivity index (χ4v) is 1.26. The van der Waals surface area contributed by atoms with Gasteiger partial charge < -0.3 is 15.2 Å². The summed E-state index contributed by atoms with van der Waals surface area (Å²) in [5.74, 6) is -1.10. The number of nitrogens with zero attached hydrogens (tertiary/aromatic N) is 1. The zero-order valence-corrected chi connectivity index (χ0v) is 11.0. The quantitative estimate of drug-likeness (QED) is 0.708. The number of ether oxygens (including phenoxy) is 1. The molecule has 0 aromatic carbocycles. The van der Waals surface area contributed by atoms with Crippen molar-refractivity contribution in [2.75, 3.05) is 0 Å². The van der Waals surface area contributed by atoms with E-state index < -0.39 is 23.7 Å². The van der Waals surface area contributed by atoms with Crippen LogP contribution in [0.4, 0.5) is 4.79 Å². The van der Waals surface area contributed by atoms with E-state index in [-0.39, 0.29) is 6.42 Å². The Morgan fingerprint density at radius 2 is 2.00 bits per heavy atom. The van der Waals surface area contributed by atoms with Crippen molar-refractivity contribution < 1.29 is 19.4 Å². The highest BCUT2D eigenvalue weighted by Gasteiger charge is 2.23. The van der Waals surface area contributed by atoms with Crippen LogP contribution >= 0.6 is 0 Å². The molecule has 0 bridgehead atoms. The van der Waals surface area contributed by atoms with Crippen molar-refractivity contribution in [3.63, 3.8) is 0 Å². The molecule has 6 nitrogen and oxygen atoms in total. The summed E-state index contributed by atoms with van der Waals surface area (Å²) in [5, 5.41) is 19.6. The molecule has 0 aromatic heterocycles. The molecule has 0 fully saturated rings. The third-order valence-electron chi connectivity index (χ3n) is 2.02. The van der Waals surface area contributed by atoms with Crippen LogP contribution in [0, 0.1) is 11.3 Å². The van der Waals surface area contributed by atoms with Crippen molar-refractivity contribution in [1.29, 1.82) is 5.26 Å². The van der Waals surface area contributed by atoms with E-state index in [1.54, 1.807) is 20.8 Å². The molecule has 0 heterocycles. The maximum Gasteiger partial charge on any atom is 0.408 e. The lowest BCUT2D eigenvalue weighted by molar-refractivity contribution is -0.139. The summed E-state index contributed by atoms with van der Waals surface area (Å²) in [4.78, 5) is 22.3. The molecule has 0 aliphatic carbocycles. The van der Waals surface area contributed by atoms with Crippen molar-refractivity contribution in [2.45, 2.75) is 58.1 Å². The smallest absolute Gasteiger partial charge is 0.408 e. The lowest BCUT2D eigenvalue weighted by atomic mass is 10.1. The summed E-state index contributed by atoms with van der Waals surface area (Å²) in [6, 6.07) is 1.01. The lowest BCUT2D eigenvalue weighted by Gasteiger charge is -2.21. The molecule has 1 amide bonds. The van der Waals surface area contributed by atoms with E-state index in [9.17, 15) is 9.59 Å². The first-order valence-corrected chi connectivity index (χ1v) is 5.85. The minimum Gasteiger partial charge on any atom is -0.480 e. The van der Waals surface area contributed by atoms with Gasteiger partial charge in [-0.15, -0.1) is 0 Å². The first kappa shape index (κ1) is 16.2. The highest BCUT2D eigenvalue weighted by atomic mass is 16.6. The number of carboxylic acid groups (broad SMARTS) is 1. The molecule has 0 aromatic rings. The zero-order chi connectivity index (χ0) is 14.2. The van der Waals surface area contributed by atoms with Gasteiger partial charge in [0, 0.05) is 6.42 Å². The second kappa shape index (κ2) is 7.54. The standard InChI is InChI=1S/C12H20N2O4/c1-12(2,3)18-11(17)14-9(10(15)16)7-5-4-6-8-13/h9H,4-7H2,1-3H3,(H,14,17)(H,15,16)/t9-/m0/s1. The first-order valence-electron chi connectivity index (χ1n) is 5.85. The van der Waals surface area contributed by atoms with Gasteiger partial charge in [0.05, 0.1) is 6.07 Å². The highest BCUT2D eigenvalue weighted by molar-refractivity contribution is 5.79. The van der Waals surface area contributed by atoms with E-state index in [0.29, 0.717) is 19.3 Å². The third kappa shape index (κ3) is 8.39. The van der Waals surface area contributed by atoms with Crippen LogP contribution in [0.5, 0.6) is 0 Å². The molecule has 0 aliphatic heterocycles. The van der Waals surface area contributed by atoms with Gasteiger partial charge in [0.25, 0.3) is 0 Å². The zero-order valence-electron chi connectivity index (χ0n) is 11.0. The fraction of sp³-hybridized carbons (Fsp3) is 0.750. The molecule has 0 aliphatic rings. The van der Waals surface area contributed by atoms with Gasteiger partial charge in [-0.1, -0.05) is 0 Å². The van der Waals surface area contributed by atoms with Crippen LogP contribution in [0.25, 0.3) is 0 Å². The lowest BCUT2D eigenvalue weighted by Crippen LogP contribution is -2.43. The summed E-state index contributed by atoms with van der Waals surface area (Å²) < 4.78 is 4.98. The van der Waals surface area contributed by atoms with Crippen molar-refractivity contribution >= 4 is 12.1 Å². The van der Waals surface area contributed by atoms with Gasteiger partial charge in [0.15, 0.2) is 0 Å². The molecule has 0 rings (SSSR count). The Kier molecular flexibility index (Phi) is 6.79. The molecule has 2 N–H and O–H groups in total. The Balaban J connectivity index is 4.16. The number of unbranched alkanes of at least 4 members (excludes halogenated alkanes) is 2. The Morgan fingerprint density at radius 1 is 1.39 bits per heavy atom. The number of rotatable bonds is 6. The second-order valence-corrected chi connectivity index (χ2v) is 4.94. The highest BCUT2D eigenvalue weighted by Crippen LogP contribution is 2.08. The molecule has 0 saturated heterocycles. The minimum absolute atomic E-state index is 0.288. The van der Waals surface area contributed by atoms with Crippen LogP contribution in [0.1, 0.15) is 46.5 Å². The van der Waals surface area contributed by atoms with E-state index in [0.717, 1.165) is 0 Å². The summed E-state index contributed by atoms with van der Waals surface area (Å²) >= 11 is 0. The second-order valence-electron chi connectivity index (χ2n) is 4.94. The average Bonchev–Trinajstić information content (AvgIpc) is 2.19. The van der Waals surface area contributed by atoms with Crippen molar-refractivity contribution in [1.82, 2.24) is 5.32 Å². The molecule has 6 heteroatoms. The predicted octanol–water partition coefficient (Wildman–Crippen LogP) is 2.05. The summed E-state index contributed by atoms with van der Waals surface area (Å²) in [5.41, 5.74) is -0.659. The summed E-state index contributed by atoms with van der Waals surface area (Å²) in [6.07, 6.45) is 1.13. The molecule has 0 radical (unpaired) electrons. The molecule has 18 heavy (non-hydrogen) atoms. The topological polar surface area (TPSA) is 99.4 Å². The van der Waals surface area contributed by atoms with Gasteiger partial charge in [-0.25, -0.2) is 9.59 Å². The molecule has 0 spiro atoms. The van der Waals surface area contributed by atoms with Gasteiger partial charge >= 0.3 is 12.1 Å². The summed E-state index contributed by atoms with van der Waals surface area (Å²) in [7, 11) is 0. The Morgan fingerprint density at radius 3 is 2.44 bits per heavy atom. The number of nitrogens with one attached hydrogen (secondary N) is 1. The number of alkyl carbamates (subject to hydrolysis) is 1. The molecule has 0 saturated carbocycles. The van der Waals surface area contributed by atoms with Crippen LogP contribution in [0.3, 0.4) is 0 Å². The fourth-order valence-electron chi connectivity index (χ4n) is 1.26. The number of carboxylic acids is 1. The molecule has 0 unspecified atom stereocenters. The van der Waals surface area contributed by atoms with Gasteiger partial charge in [-0.2, -0.15) is 5.26 Å². The number of carbonyl (C=O) groups is 2. The van der Waals surface area contributed by atoms with Gasteiger partial charge in [0.2, 0.25) is 0 Å². The van der Waals surface area contributed by atoms with Crippen LogP contribution in [0.2, 0.25) is 0 Å². The van der Waals surface area contributed by atoms with Crippen molar-refractivity contribution in [3.05, 3.63) is 0 Å². The molecular formula is C12H20N2O4. The average molecular weight is 256 g/mol. The Hall–Kier alpha value is -1.77. The Bertz CT molecular complexity index is 328. The largest absolute Gasteiger partial charge is 0.480 e. The number of amides is 1. The number of nitriles is 1. The van der Waals surface area contributed by atoms with E-state index in [4.69, 9.17) is 15.1 Å². The van der Waals surface area contributed by atoms with Crippen molar-refractivity contribution in [2.24, 2.45) is 0 Å². The first-order chi connectivity index (χ1) is 8.26. The number of carbonyl (C=O) groups excluding carboxylic acids is 1. The van der Waals surface area contributed by atoms with E-state index in [2.05, 4.69) is 5.32 Å². The molecular weight excluding hydrogens is 236 g/mol. The van der Waals surface area contributed by atoms with Crippen molar-refractivity contribution in [3.8, 4) is 6.07 Å². The summed E-state index contributed by atoms with van der Waals surface area (Å²) in [6.45, 7) is 5.11. The molecule has 102 valence electrons. The normalized spacial score (nSPS) is 12.3. The molecule has 1 atom stereocenters. The van der Waals surface area contributed by atoms with Gasteiger partial charge in [-0.3, -0.25) is 0 Å². The van der Waals surface area contributed by atoms with E-state index in [1.165, 1.54) is 0 Å². The Labute approximate surface area is 107 Å². The predicted molar refractivity (Wildman–Crippen MR) is 64.9 cm³/mol. The van der Waals surface area contributed by atoms with Crippen LogP contribution in [0.15, 0.2) is 0 Å². The van der Waals surface area contributed by atoms with Gasteiger partial charge in [0.1, 0.15) is 11.6 Å². The number of hydrogen-bond acceptors (Lipinski definition) is 4. The maximum atomic E-state index is 11.4. The van der Waals surface area contributed by atoms with Gasteiger partial charge in [-0.05, 0) is 40.0 Å². The van der Waals surface area contributed by atoms with E-state index >= 15 is 0 Å². The number of aliphatic carboxylic acids is 1. The SMILES string of the molecule is CC(C)(C)OC(=O)N[C@@H](CCCCC#N)C(=O)O. The van der Waals surface area contributed by atoms with Crippen LogP contribution in [-0.4, -0.2) is 28.8 Å². The van der Waals surface area contributed by atoms with E-state index in [1.807, 2.05) is 6.07 Å².